The van der Waals surface area contributed by atoms with Crippen molar-refractivity contribution >= 4 is 0 Å². The summed E-state index contributed by atoms with van der Waals surface area (Å²) in [5.41, 5.74) is 0. The van der Waals surface area contributed by atoms with Crippen molar-refractivity contribution in [3.63, 3.8) is 0 Å². The molecule has 2 unspecified atom stereocenters. The van der Waals surface area contributed by atoms with Gasteiger partial charge in [-0.1, -0.05) is 20.3 Å². The Morgan fingerprint density at radius 3 is 2.69 bits per heavy atom. The van der Waals surface area contributed by atoms with E-state index < -0.39 is 0 Å². The first kappa shape index (κ1) is 11.0. The minimum absolute atomic E-state index is 0.0531. The van der Waals surface area contributed by atoms with Gasteiger partial charge in [0.15, 0.2) is 0 Å². The van der Waals surface area contributed by atoms with Crippen LogP contribution >= 0.6 is 0 Å². The summed E-state index contributed by atoms with van der Waals surface area (Å²) >= 11 is 0. The van der Waals surface area contributed by atoms with Crippen LogP contribution in [-0.2, 0) is 4.74 Å². The van der Waals surface area contributed by atoms with E-state index in [1.807, 2.05) is 0 Å². The highest BCUT2D eigenvalue weighted by molar-refractivity contribution is 4.76. The molecular weight excluding hydrogens is 164 g/mol. The SMILES string of the molecule is CC(C)COCCC1CCCC1O. The molecule has 2 nitrogen and oxygen atoms in total. The summed E-state index contributed by atoms with van der Waals surface area (Å²) in [6.07, 6.45) is 4.35. The van der Waals surface area contributed by atoms with Gasteiger partial charge in [-0.05, 0) is 31.1 Å². The van der Waals surface area contributed by atoms with E-state index >= 15 is 0 Å². The summed E-state index contributed by atoms with van der Waals surface area (Å²) in [4.78, 5) is 0. The number of ether oxygens (including phenoxy) is 1. The van der Waals surface area contributed by atoms with E-state index in [-0.39, 0.29) is 6.10 Å². The predicted molar refractivity (Wildman–Crippen MR) is 53.6 cm³/mol. The highest BCUT2D eigenvalue weighted by Crippen LogP contribution is 2.27. The van der Waals surface area contributed by atoms with Crippen molar-refractivity contribution in [2.75, 3.05) is 13.2 Å². The van der Waals surface area contributed by atoms with Gasteiger partial charge in [0, 0.05) is 13.2 Å². The zero-order valence-corrected chi connectivity index (χ0v) is 8.83. The summed E-state index contributed by atoms with van der Waals surface area (Å²) in [6.45, 7) is 5.98. The van der Waals surface area contributed by atoms with Gasteiger partial charge in [-0.3, -0.25) is 0 Å². The van der Waals surface area contributed by atoms with Crippen LogP contribution in [0.25, 0.3) is 0 Å². The molecule has 2 atom stereocenters. The van der Waals surface area contributed by atoms with Crippen LogP contribution in [0.15, 0.2) is 0 Å². The molecule has 1 N–H and O–H groups in total. The van der Waals surface area contributed by atoms with Crippen molar-refractivity contribution in [1.82, 2.24) is 0 Å². The number of aliphatic hydroxyl groups excluding tert-OH is 1. The van der Waals surface area contributed by atoms with Crippen molar-refractivity contribution in [1.29, 1.82) is 0 Å². The van der Waals surface area contributed by atoms with E-state index in [1.165, 1.54) is 12.8 Å². The third-order valence-corrected chi connectivity index (χ3v) is 2.70. The number of rotatable bonds is 5. The molecule has 0 aliphatic heterocycles. The van der Waals surface area contributed by atoms with Crippen LogP contribution in [0.1, 0.15) is 39.5 Å². The van der Waals surface area contributed by atoms with Crippen LogP contribution in [-0.4, -0.2) is 24.4 Å². The summed E-state index contributed by atoms with van der Waals surface area (Å²) in [7, 11) is 0. The maximum absolute atomic E-state index is 9.54. The van der Waals surface area contributed by atoms with Crippen LogP contribution in [0.5, 0.6) is 0 Å². The highest BCUT2D eigenvalue weighted by atomic mass is 16.5. The molecule has 0 bridgehead atoms. The minimum Gasteiger partial charge on any atom is -0.393 e. The average Bonchev–Trinajstić information content (AvgIpc) is 2.45. The molecule has 0 aromatic heterocycles. The maximum atomic E-state index is 9.54. The first-order chi connectivity index (χ1) is 6.20. The van der Waals surface area contributed by atoms with Crippen molar-refractivity contribution < 1.29 is 9.84 Å². The topological polar surface area (TPSA) is 29.5 Å². The average molecular weight is 186 g/mol. The maximum Gasteiger partial charge on any atom is 0.0569 e. The van der Waals surface area contributed by atoms with Gasteiger partial charge >= 0.3 is 0 Å². The zero-order valence-electron chi connectivity index (χ0n) is 8.83. The molecule has 13 heavy (non-hydrogen) atoms. The third kappa shape index (κ3) is 4.10. The first-order valence-electron chi connectivity index (χ1n) is 5.46. The number of hydrogen-bond acceptors (Lipinski definition) is 2. The minimum atomic E-state index is -0.0531. The Bertz CT molecular complexity index is 134. The van der Waals surface area contributed by atoms with Gasteiger partial charge < -0.3 is 9.84 Å². The molecule has 1 aliphatic rings. The van der Waals surface area contributed by atoms with Crippen LogP contribution in [0.4, 0.5) is 0 Å². The molecule has 2 heteroatoms. The molecule has 1 fully saturated rings. The predicted octanol–water partition coefficient (Wildman–Crippen LogP) is 2.21. The molecule has 0 amide bonds. The molecular formula is C11H22O2. The first-order valence-corrected chi connectivity index (χ1v) is 5.46. The second-order valence-electron chi connectivity index (χ2n) is 4.52. The molecule has 0 spiro atoms. The largest absolute Gasteiger partial charge is 0.393 e. The van der Waals surface area contributed by atoms with E-state index in [4.69, 9.17) is 4.74 Å². The van der Waals surface area contributed by atoms with Gasteiger partial charge in [0.1, 0.15) is 0 Å². The lowest BCUT2D eigenvalue weighted by Gasteiger charge is -2.14. The lowest BCUT2D eigenvalue weighted by atomic mass is 10.0. The summed E-state index contributed by atoms with van der Waals surface area (Å²) in [5, 5.41) is 9.54. The second-order valence-corrected chi connectivity index (χ2v) is 4.52. The van der Waals surface area contributed by atoms with Gasteiger partial charge in [-0.15, -0.1) is 0 Å². The summed E-state index contributed by atoms with van der Waals surface area (Å²) in [5.74, 6) is 1.13. The van der Waals surface area contributed by atoms with E-state index in [0.717, 1.165) is 26.1 Å². The Morgan fingerprint density at radius 2 is 2.15 bits per heavy atom. The molecule has 1 rings (SSSR count). The Hall–Kier alpha value is -0.0800. The van der Waals surface area contributed by atoms with E-state index in [2.05, 4.69) is 13.8 Å². The molecule has 0 aromatic carbocycles. The van der Waals surface area contributed by atoms with Gasteiger partial charge in [0.05, 0.1) is 6.10 Å². The molecule has 0 aromatic rings. The second kappa shape index (κ2) is 5.61. The zero-order chi connectivity index (χ0) is 9.68. The Balaban J connectivity index is 1.99. The molecule has 1 saturated carbocycles. The Labute approximate surface area is 81.3 Å². The fraction of sp³-hybridized carbons (Fsp3) is 1.00. The number of hydrogen-bond donors (Lipinski definition) is 1. The molecule has 0 saturated heterocycles. The van der Waals surface area contributed by atoms with Gasteiger partial charge in [-0.25, -0.2) is 0 Å². The standard InChI is InChI=1S/C11H22O2/c1-9(2)8-13-7-6-10-4-3-5-11(10)12/h9-12H,3-8H2,1-2H3. The monoisotopic (exact) mass is 186 g/mol. The van der Waals surface area contributed by atoms with E-state index in [9.17, 15) is 5.11 Å². The highest BCUT2D eigenvalue weighted by Gasteiger charge is 2.24. The quantitative estimate of drug-likeness (QED) is 0.667. The fourth-order valence-electron chi connectivity index (χ4n) is 1.91. The fourth-order valence-corrected chi connectivity index (χ4v) is 1.91. The third-order valence-electron chi connectivity index (χ3n) is 2.70. The van der Waals surface area contributed by atoms with Gasteiger partial charge in [-0.2, -0.15) is 0 Å². The molecule has 0 heterocycles. The van der Waals surface area contributed by atoms with Crippen LogP contribution in [0, 0.1) is 11.8 Å². The lowest BCUT2D eigenvalue weighted by molar-refractivity contribution is 0.0699. The lowest BCUT2D eigenvalue weighted by Crippen LogP contribution is -2.15. The van der Waals surface area contributed by atoms with Crippen molar-refractivity contribution in [2.24, 2.45) is 11.8 Å². The molecule has 78 valence electrons. The number of aliphatic hydroxyl groups is 1. The molecule has 0 radical (unpaired) electrons. The van der Waals surface area contributed by atoms with E-state index in [1.54, 1.807) is 0 Å². The summed E-state index contributed by atoms with van der Waals surface area (Å²) < 4.78 is 5.49. The van der Waals surface area contributed by atoms with Crippen molar-refractivity contribution in [3.05, 3.63) is 0 Å². The Kier molecular flexibility index (Phi) is 4.74. The van der Waals surface area contributed by atoms with Crippen LogP contribution in [0.3, 0.4) is 0 Å². The van der Waals surface area contributed by atoms with Crippen LogP contribution < -0.4 is 0 Å². The normalized spacial score (nSPS) is 28.6. The summed E-state index contributed by atoms with van der Waals surface area (Å²) in [6, 6.07) is 0. The van der Waals surface area contributed by atoms with E-state index in [0.29, 0.717) is 11.8 Å². The van der Waals surface area contributed by atoms with Gasteiger partial charge in [0.2, 0.25) is 0 Å². The molecule has 1 aliphatic carbocycles. The Morgan fingerprint density at radius 1 is 1.38 bits per heavy atom. The van der Waals surface area contributed by atoms with Crippen LogP contribution in [0.2, 0.25) is 0 Å². The smallest absolute Gasteiger partial charge is 0.0569 e. The van der Waals surface area contributed by atoms with Crippen molar-refractivity contribution in [2.45, 2.75) is 45.6 Å². The van der Waals surface area contributed by atoms with Crippen molar-refractivity contribution in [3.8, 4) is 0 Å². The van der Waals surface area contributed by atoms with Gasteiger partial charge in [0.25, 0.3) is 0 Å².